The van der Waals surface area contributed by atoms with Crippen LogP contribution in [0.3, 0.4) is 0 Å². The summed E-state index contributed by atoms with van der Waals surface area (Å²) < 4.78 is 5.28. The van der Waals surface area contributed by atoms with Crippen LogP contribution >= 0.6 is 0 Å². The summed E-state index contributed by atoms with van der Waals surface area (Å²) in [5.41, 5.74) is 0. The average Bonchev–Trinajstić information content (AvgIpc) is 2.34. The maximum atomic E-state index is 8.72. The fourth-order valence-corrected chi connectivity index (χ4v) is 1.17. The van der Waals surface area contributed by atoms with Crippen LogP contribution in [-0.2, 0) is 4.74 Å². The smallest absolute Gasteiger partial charge is 0.0822 e. The Morgan fingerprint density at radius 3 is 2.60 bits per heavy atom. The van der Waals surface area contributed by atoms with Crippen molar-refractivity contribution in [3.8, 4) is 0 Å². The molecule has 3 nitrogen and oxygen atoms in total. The lowest BCUT2D eigenvalue weighted by molar-refractivity contribution is 0.0561. The Balaban J connectivity index is 2.28. The van der Waals surface area contributed by atoms with E-state index in [-0.39, 0.29) is 12.7 Å². The molecule has 0 bridgehead atoms. The Bertz CT molecular complexity index is 106. The van der Waals surface area contributed by atoms with Gasteiger partial charge in [0.05, 0.1) is 19.3 Å². The number of nitrogens with zero attached hydrogens (tertiary/aromatic N) is 1. The van der Waals surface area contributed by atoms with Crippen LogP contribution < -0.4 is 0 Å². The molecule has 0 aromatic carbocycles. The lowest BCUT2D eigenvalue weighted by Gasteiger charge is -2.16. The topological polar surface area (TPSA) is 32.7 Å². The third kappa shape index (κ3) is 1.68. The summed E-state index contributed by atoms with van der Waals surface area (Å²) in [6.45, 7) is 0.919. The first kappa shape index (κ1) is 7.98. The number of hydrogen-bond acceptors (Lipinski definition) is 3. The van der Waals surface area contributed by atoms with Crippen molar-refractivity contribution in [1.82, 2.24) is 4.90 Å². The van der Waals surface area contributed by atoms with Crippen molar-refractivity contribution < 1.29 is 9.84 Å². The number of likely N-dealkylation sites (N-methyl/N-ethyl adjacent to an activating group) is 1. The van der Waals surface area contributed by atoms with Gasteiger partial charge in [0.2, 0.25) is 0 Å². The molecule has 1 saturated heterocycles. The maximum absolute atomic E-state index is 8.72. The van der Waals surface area contributed by atoms with E-state index in [4.69, 9.17) is 9.84 Å². The van der Waals surface area contributed by atoms with Gasteiger partial charge < -0.3 is 14.7 Å². The SMILES string of the molecule is CN(C)C1COC(CO)C1. The second-order valence-electron chi connectivity index (χ2n) is 2.99. The lowest BCUT2D eigenvalue weighted by atomic mass is 10.2. The number of ether oxygens (including phenoxy) is 1. The van der Waals surface area contributed by atoms with E-state index in [0.717, 1.165) is 13.0 Å². The quantitative estimate of drug-likeness (QED) is 0.579. The van der Waals surface area contributed by atoms with Crippen molar-refractivity contribution in [3.63, 3.8) is 0 Å². The number of hydrogen-bond donors (Lipinski definition) is 1. The van der Waals surface area contributed by atoms with Gasteiger partial charge in [-0.25, -0.2) is 0 Å². The van der Waals surface area contributed by atoms with Crippen LogP contribution in [0.15, 0.2) is 0 Å². The summed E-state index contributed by atoms with van der Waals surface area (Å²) >= 11 is 0. The van der Waals surface area contributed by atoms with Gasteiger partial charge in [-0.05, 0) is 20.5 Å². The maximum Gasteiger partial charge on any atom is 0.0822 e. The summed E-state index contributed by atoms with van der Waals surface area (Å²) in [6, 6.07) is 0.497. The van der Waals surface area contributed by atoms with E-state index in [1.54, 1.807) is 0 Å². The van der Waals surface area contributed by atoms with E-state index in [1.807, 2.05) is 14.1 Å². The van der Waals surface area contributed by atoms with Gasteiger partial charge in [-0.3, -0.25) is 0 Å². The van der Waals surface area contributed by atoms with Gasteiger partial charge in [0, 0.05) is 6.04 Å². The minimum atomic E-state index is 0.0763. The molecule has 0 radical (unpaired) electrons. The Morgan fingerprint density at radius 1 is 1.60 bits per heavy atom. The van der Waals surface area contributed by atoms with Crippen LogP contribution in [0.4, 0.5) is 0 Å². The molecule has 2 unspecified atom stereocenters. The van der Waals surface area contributed by atoms with E-state index in [1.165, 1.54) is 0 Å². The lowest BCUT2D eigenvalue weighted by Crippen LogP contribution is -2.28. The monoisotopic (exact) mass is 145 g/mol. The molecule has 1 heterocycles. The highest BCUT2D eigenvalue weighted by atomic mass is 16.5. The van der Waals surface area contributed by atoms with E-state index in [2.05, 4.69) is 4.90 Å². The van der Waals surface area contributed by atoms with Crippen molar-refractivity contribution in [2.45, 2.75) is 18.6 Å². The van der Waals surface area contributed by atoms with Crippen LogP contribution in [0.5, 0.6) is 0 Å². The molecular formula is C7H15NO2. The molecule has 0 aromatic heterocycles. The van der Waals surface area contributed by atoms with Crippen molar-refractivity contribution in [2.75, 3.05) is 27.3 Å². The first-order valence-corrected chi connectivity index (χ1v) is 3.63. The number of aliphatic hydroxyl groups excluding tert-OH is 1. The molecule has 0 spiro atoms. The second-order valence-corrected chi connectivity index (χ2v) is 2.99. The van der Waals surface area contributed by atoms with Crippen LogP contribution in [0.2, 0.25) is 0 Å². The minimum Gasteiger partial charge on any atom is -0.394 e. The average molecular weight is 145 g/mol. The molecule has 0 amide bonds. The molecule has 3 heteroatoms. The van der Waals surface area contributed by atoms with Crippen molar-refractivity contribution in [3.05, 3.63) is 0 Å². The van der Waals surface area contributed by atoms with Crippen molar-refractivity contribution in [2.24, 2.45) is 0 Å². The Kier molecular flexibility index (Phi) is 2.65. The molecular weight excluding hydrogens is 130 g/mol. The highest BCUT2D eigenvalue weighted by molar-refractivity contribution is 4.77. The zero-order valence-corrected chi connectivity index (χ0v) is 6.58. The number of rotatable bonds is 2. The molecule has 2 atom stereocenters. The van der Waals surface area contributed by atoms with Crippen LogP contribution in [0.1, 0.15) is 6.42 Å². The molecule has 1 N–H and O–H groups in total. The predicted molar refractivity (Wildman–Crippen MR) is 38.9 cm³/mol. The first-order valence-electron chi connectivity index (χ1n) is 3.63. The molecule has 1 fully saturated rings. The van der Waals surface area contributed by atoms with Gasteiger partial charge in [0.25, 0.3) is 0 Å². The third-order valence-electron chi connectivity index (χ3n) is 1.99. The molecule has 1 rings (SSSR count). The Hall–Kier alpha value is -0.120. The van der Waals surface area contributed by atoms with E-state index >= 15 is 0 Å². The molecule has 60 valence electrons. The van der Waals surface area contributed by atoms with E-state index in [9.17, 15) is 0 Å². The third-order valence-corrected chi connectivity index (χ3v) is 1.99. The summed E-state index contributed by atoms with van der Waals surface area (Å²) in [5.74, 6) is 0. The fraction of sp³-hybridized carbons (Fsp3) is 1.00. The zero-order chi connectivity index (χ0) is 7.56. The summed E-state index contributed by atoms with van der Waals surface area (Å²) in [4.78, 5) is 2.13. The van der Waals surface area contributed by atoms with Gasteiger partial charge in [-0.15, -0.1) is 0 Å². The van der Waals surface area contributed by atoms with Gasteiger partial charge in [-0.2, -0.15) is 0 Å². The second kappa shape index (κ2) is 3.32. The summed E-state index contributed by atoms with van der Waals surface area (Å²) in [6.07, 6.45) is 1.04. The summed E-state index contributed by atoms with van der Waals surface area (Å²) in [7, 11) is 4.07. The van der Waals surface area contributed by atoms with Crippen LogP contribution in [0, 0.1) is 0 Å². The molecule has 1 aliphatic heterocycles. The van der Waals surface area contributed by atoms with Gasteiger partial charge >= 0.3 is 0 Å². The normalized spacial score (nSPS) is 33.6. The van der Waals surface area contributed by atoms with Gasteiger partial charge in [0.15, 0.2) is 0 Å². The Morgan fingerprint density at radius 2 is 2.30 bits per heavy atom. The number of aliphatic hydroxyl groups is 1. The standard InChI is InChI=1S/C7H15NO2/c1-8(2)6-3-7(4-9)10-5-6/h6-7,9H,3-5H2,1-2H3. The van der Waals surface area contributed by atoms with Crippen molar-refractivity contribution in [1.29, 1.82) is 0 Å². The molecule has 0 aromatic rings. The summed E-state index contributed by atoms with van der Waals surface area (Å²) in [5, 5.41) is 8.72. The fourth-order valence-electron chi connectivity index (χ4n) is 1.17. The highest BCUT2D eigenvalue weighted by Gasteiger charge is 2.25. The molecule has 1 aliphatic rings. The van der Waals surface area contributed by atoms with Crippen LogP contribution in [0.25, 0.3) is 0 Å². The van der Waals surface area contributed by atoms with Gasteiger partial charge in [-0.1, -0.05) is 0 Å². The van der Waals surface area contributed by atoms with Gasteiger partial charge in [0.1, 0.15) is 0 Å². The Labute approximate surface area is 61.6 Å². The zero-order valence-electron chi connectivity index (χ0n) is 6.58. The minimum absolute atomic E-state index is 0.0763. The highest BCUT2D eigenvalue weighted by Crippen LogP contribution is 2.15. The van der Waals surface area contributed by atoms with Crippen molar-refractivity contribution >= 4 is 0 Å². The van der Waals surface area contributed by atoms with E-state index in [0.29, 0.717) is 6.04 Å². The van der Waals surface area contributed by atoms with Crippen LogP contribution in [-0.4, -0.2) is 49.5 Å². The molecule has 0 aliphatic carbocycles. The largest absolute Gasteiger partial charge is 0.394 e. The molecule has 10 heavy (non-hydrogen) atoms. The first-order chi connectivity index (χ1) is 4.74. The molecule has 0 saturated carbocycles. The van der Waals surface area contributed by atoms with E-state index < -0.39 is 0 Å². The predicted octanol–water partition coefficient (Wildman–Crippen LogP) is -0.302.